The second-order valence-electron chi connectivity index (χ2n) is 18.3. The van der Waals surface area contributed by atoms with Crippen molar-refractivity contribution in [2.75, 3.05) is 4.90 Å². The van der Waals surface area contributed by atoms with Crippen molar-refractivity contribution in [3.63, 3.8) is 0 Å². The molecule has 2 bridgehead atoms. The standard InChI is InChI=1S/C59H49NS/c1-38-31-40-33-39(2)59(47(32-38)34-40)55-16-10-9-15-51(55)54-35-45(22-30-56(54)59)46-21-28-52-53-29-27-50(37-58(53)61-57(52)36-46)60(48-23-17-43(18-24-48)41-11-5-3-6-12-41)49-25-19-44(20-26-49)42-13-7-4-8-14-42/h3-30,35-40,47H,31-34H2,1-2H3. The summed E-state index contributed by atoms with van der Waals surface area (Å²) in [6.07, 6.45) is 5.49. The molecule has 9 aromatic rings. The van der Waals surface area contributed by atoms with E-state index in [2.05, 4.69) is 207 Å². The van der Waals surface area contributed by atoms with Crippen LogP contribution in [0.5, 0.6) is 0 Å². The summed E-state index contributed by atoms with van der Waals surface area (Å²) in [4.78, 5) is 2.40. The third-order valence-electron chi connectivity index (χ3n) is 14.8. The highest BCUT2D eigenvalue weighted by Gasteiger charge is 2.56. The molecule has 5 atom stereocenters. The monoisotopic (exact) mass is 803 g/mol. The Kier molecular flexibility index (Phi) is 8.68. The Balaban J connectivity index is 0.923. The zero-order chi connectivity index (χ0) is 40.7. The van der Waals surface area contributed by atoms with Gasteiger partial charge in [0, 0.05) is 42.6 Å². The van der Waals surface area contributed by atoms with E-state index in [-0.39, 0.29) is 5.41 Å². The molecule has 5 unspecified atom stereocenters. The third-order valence-corrected chi connectivity index (χ3v) is 15.9. The van der Waals surface area contributed by atoms with Crippen molar-refractivity contribution in [1.82, 2.24) is 0 Å². The van der Waals surface area contributed by atoms with Crippen LogP contribution in [0.25, 0.3) is 64.7 Å². The SMILES string of the molecule is CC1CC2CC(C)C3(c4ccccc4-c4cc(-c5ccc6c(c5)sc5cc(N(c7ccc(-c8ccccc8)cc7)c7ccc(-c8ccccc8)cc7)ccc56)ccc43)C(C1)C2. The molecule has 1 nitrogen and oxygen atoms in total. The normalized spacial score (nSPS) is 21.4. The summed E-state index contributed by atoms with van der Waals surface area (Å²) < 4.78 is 2.63. The molecular formula is C59H49NS. The van der Waals surface area contributed by atoms with Crippen molar-refractivity contribution in [3.05, 3.63) is 199 Å². The Morgan fingerprint density at radius 2 is 0.951 bits per heavy atom. The summed E-state index contributed by atoms with van der Waals surface area (Å²) in [6.45, 7) is 5.07. The van der Waals surface area contributed by atoms with Crippen LogP contribution in [0.15, 0.2) is 188 Å². The molecule has 2 fully saturated rings. The van der Waals surface area contributed by atoms with Gasteiger partial charge in [-0.25, -0.2) is 0 Å². The molecule has 0 amide bonds. The van der Waals surface area contributed by atoms with Gasteiger partial charge in [0.2, 0.25) is 0 Å². The summed E-state index contributed by atoms with van der Waals surface area (Å²) in [7, 11) is 0. The number of anilines is 3. The van der Waals surface area contributed by atoms with Crippen LogP contribution in [-0.2, 0) is 5.41 Å². The smallest absolute Gasteiger partial charge is 0.0476 e. The molecular weight excluding hydrogens is 755 g/mol. The van der Waals surface area contributed by atoms with Crippen molar-refractivity contribution < 1.29 is 0 Å². The number of hydrogen-bond donors (Lipinski definition) is 0. The van der Waals surface area contributed by atoms with Crippen molar-refractivity contribution in [2.24, 2.45) is 23.7 Å². The van der Waals surface area contributed by atoms with E-state index in [4.69, 9.17) is 0 Å². The van der Waals surface area contributed by atoms with Crippen molar-refractivity contribution >= 4 is 48.6 Å². The number of rotatable bonds is 6. The van der Waals surface area contributed by atoms with Gasteiger partial charge in [-0.15, -0.1) is 11.3 Å². The summed E-state index contributed by atoms with van der Waals surface area (Å²) in [5.74, 6) is 3.06. The van der Waals surface area contributed by atoms with Gasteiger partial charge in [0.05, 0.1) is 0 Å². The second kappa shape index (κ2) is 14.5. The first-order valence-corrected chi connectivity index (χ1v) is 23.1. The van der Waals surface area contributed by atoms with Crippen LogP contribution in [0.4, 0.5) is 17.1 Å². The largest absolute Gasteiger partial charge is 0.310 e. The van der Waals surface area contributed by atoms with Gasteiger partial charge in [-0.2, -0.15) is 0 Å². The van der Waals surface area contributed by atoms with Gasteiger partial charge in [0.15, 0.2) is 0 Å². The highest BCUT2D eigenvalue weighted by Crippen LogP contribution is 2.64. The first kappa shape index (κ1) is 36.6. The van der Waals surface area contributed by atoms with Gasteiger partial charge >= 0.3 is 0 Å². The molecule has 8 aromatic carbocycles. The Morgan fingerprint density at radius 1 is 0.426 bits per heavy atom. The Hall–Kier alpha value is -6.22. The van der Waals surface area contributed by atoms with Crippen LogP contribution in [-0.4, -0.2) is 0 Å². The van der Waals surface area contributed by atoms with Crippen LogP contribution < -0.4 is 4.90 Å². The predicted octanol–water partition coefficient (Wildman–Crippen LogP) is 16.9. The van der Waals surface area contributed by atoms with E-state index < -0.39 is 0 Å². The quantitative estimate of drug-likeness (QED) is 0.162. The minimum Gasteiger partial charge on any atom is -0.310 e. The minimum absolute atomic E-state index is 0.129. The highest BCUT2D eigenvalue weighted by molar-refractivity contribution is 7.25. The third kappa shape index (κ3) is 5.94. The molecule has 1 aromatic heterocycles. The van der Waals surface area contributed by atoms with Crippen LogP contribution in [0.1, 0.15) is 50.7 Å². The topological polar surface area (TPSA) is 3.24 Å². The maximum atomic E-state index is 2.57. The van der Waals surface area contributed by atoms with Crippen LogP contribution in [0, 0.1) is 23.7 Å². The molecule has 1 spiro atoms. The number of nitrogens with zero attached hydrogens (tertiary/aromatic N) is 1. The Labute approximate surface area is 364 Å². The van der Waals surface area contributed by atoms with Gasteiger partial charge in [-0.05, 0) is 154 Å². The lowest BCUT2D eigenvalue weighted by molar-refractivity contribution is 0.0426. The maximum Gasteiger partial charge on any atom is 0.0476 e. The number of hydrogen-bond acceptors (Lipinski definition) is 2. The van der Waals surface area contributed by atoms with Gasteiger partial charge < -0.3 is 4.90 Å². The molecule has 61 heavy (non-hydrogen) atoms. The van der Waals surface area contributed by atoms with Crippen molar-refractivity contribution in [1.29, 1.82) is 0 Å². The van der Waals surface area contributed by atoms with E-state index >= 15 is 0 Å². The minimum atomic E-state index is 0.129. The second-order valence-corrected chi connectivity index (χ2v) is 19.4. The van der Waals surface area contributed by atoms with E-state index in [1.165, 1.54) is 90.4 Å². The van der Waals surface area contributed by atoms with Crippen molar-refractivity contribution in [2.45, 2.75) is 44.9 Å². The molecule has 0 saturated heterocycles. The molecule has 12 rings (SSSR count). The van der Waals surface area contributed by atoms with E-state index in [9.17, 15) is 0 Å². The lowest BCUT2D eigenvalue weighted by Gasteiger charge is -2.54. The maximum absolute atomic E-state index is 2.57. The fourth-order valence-corrected chi connectivity index (χ4v) is 13.5. The van der Waals surface area contributed by atoms with E-state index in [1.54, 1.807) is 11.1 Å². The number of thiophene rings is 1. The van der Waals surface area contributed by atoms with E-state index in [1.807, 2.05) is 11.3 Å². The van der Waals surface area contributed by atoms with Crippen molar-refractivity contribution in [3.8, 4) is 44.5 Å². The fourth-order valence-electron chi connectivity index (χ4n) is 12.3. The summed E-state index contributed by atoms with van der Waals surface area (Å²) >= 11 is 1.91. The molecule has 296 valence electrons. The summed E-state index contributed by atoms with van der Waals surface area (Å²) in [6, 6.07) is 70.4. The first-order chi connectivity index (χ1) is 30.0. The van der Waals surface area contributed by atoms with Gasteiger partial charge in [-0.1, -0.05) is 153 Å². The van der Waals surface area contributed by atoms with E-state index in [0.29, 0.717) is 5.92 Å². The van der Waals surface area contributed by atoms with Gasteiger partial charge in [0.25, 0.3) is 0 Å². The lowest BCUT2D eigenvalue weighted by atomic mass is 9.49. The molecule has 3 aliphatic rings. The van der Waals surface area contributed by atoms with Crippen LogP contribution >= 0.6 is 11.3 Å². The zero-order valence-corrected chi connectivity index (χ0v) is 35.7. The van der Waals surface area contributed by atoms with Gasteiger partial charge in [-0.3, -0.25) is 0 Å². The average molecular weight is 804 g/mol. The molecule has 2 saturated carbocycles. The molecule has 0 aliphatic heterocycles. The van der Waals surface area contributed by atoms with Crippen LogP contribution in [0.2, 0.25) is 0 Å². The predicted molar refractivity (Wildman–Crippen MR) is 260 cm³/mol. The zero-order valence-electron chi connectivity index (χ0n) is 34.9. The first-order valence-electron chi connectivity index (χ1n) is 22.3. The molecule has 0 N–H and O–H groups in total. The highest BCUT2D eigenvalue weighted by atomic mass is 32.1. The molecule has 0 radical (unpaired) electrons. The molecule has 2 heteroatoms. The van der Waals surface area contributed by atoms with E-state index in [0.717, 1.165) is 34.8 Å². The molecule has 1 heterocycles. The van der Waals surface area contributed by atoms with Gasteiger partial charge in [0.1, 0.15) is 0 Å². The fraction of sp³-hybridized carbons (Fsp3) is 0.186. The lowest BCUT2D eigenvalue weighted by Crippen LogP contribution is -2.49. The number of fused-ring (bicyclic) bond motifs is 11. The molecule has 3 aliphatic carbocycles. The Bertz CT molecular complexity index is 2980. The van der Waals surface area contributed by atoms with Crippen LogP contribution in [0.3, 0.4) is 0 Å². The number of benzene rings is 8. The average Bonchev–Trinajstić information content (AvgIpc) is 3.82. The summed E-state index contributed by atoms with van der Waals surface area (Å²) in [5.41, 5.74) is 17.2. The Morgan fingerprint density at radius 3 is 1.64 bits per heavy atom. The summed E-state index contributed by atoms with van der Waals surface area (Å²) in [5, 5.41) is 2.63.